The number of nitrogens with one attached hydrogen (secondary N) is 1. The Bertz CT molecular complexity index is 128. The third-order valence-electron chi connectivity index (χ3n) is 2.73. The second-order valence-corrected chi connectivity index (χ2v) is 4.02. The summed E-state index contributed by atoms with van der Waals surface area (Å²) in [6.07, 6.45) is 1.31. The van der Waals surface area contributed by atoms with Crippen molar-refractivity contribution in [3.05, 3.63) is 0 Å². The van der Waals surface area contributed by atoms with Crippen LogP contribution in [0.1, 0.15) is 34.1 Å². The number of rotatable bonds is 6. The average molecular weight is 188 g/mol. The molecule has 0 rings (SSSR count). The quantitative estimate of drug-likeness (QED) is 0.491. The number of hydrazine groups is 1. The van der Waals surface area contributed by atoms with E-state index < -0.39 is 0 Å². The Balaban J connectivity index is 4.33. The molecule has 0 bridgehead atoms. The highest BCUT2D eigenvalue weighted by Gasteiger charge is 2.27. The van der Waals surface area contributed by atoms with Crippen LogP contribution in [0.5, 0.6) is 0 Å². The lowest BCUT2D eigenvalue weighted by molar-refractivity contribution is 0.0165. The van der Waals surface area contributed by atoms with E-state index >= 15 is 0 Å². The van der Waals surface area contributed by atoms with E-state index in [1.165, 1.54) is 0 Å². The topological polar surface area (TPSA) is 47.3 Å². The molecule has 0 aliphatic rings. The van der Waals surface area contributed by atoms with Gasteiger partial charge in [-0.25, -0.2) is 0 Å². The zero-order chi connectivity index (χ0) is 10.4. The molecule has 0 saturated heterocycles. The Morgan fingerprint density at radius 2 is 1.85 bits per heavy atom. The van der Waals surface area contributed by atoms with Gasteiger partial charge in [-0.05, 0) is 11.8 Å². The van der Waals surface area contributed by atoms with E-state index in [4.69, 9.17) is 10.6 Å². The Kier molecular flexibility index (Phi) is 6.29. The maximum atomic E-state index is 5.53. The van der Waals surface area contributed by atoms with Crippen LogP contribution in [0.2, 0.25) is 0 Å². The molecule has 0 amide bonds. The second-order valence-electron chi connectivity index (χ2n) is 4.02. The van der Waals surface area contributed by atoms with Crippen molar-refractivity contribution in [3.8, 4) is 0 Å². The van der Waals surface area contributed by atoms with Crippen LogP contribution in [-0.4, -0.2) is 19.3 Å². The minimum Gasteiger partial charge on any atom is -0.380 e. The van der Waals surface area contributed by atoms with Gasteiger partial charge >= 0.3 is 0 Å². The highest BCUT2D eigenvalue weighted by atomic mass is 16.5. The van der Waals surface area contributed by atoms with Crippen molar-refractivity contribution < 1.29 is 4.74 Å². The molecule has 0 heterocycles. The van der Waals surface area contributed by atoms with E-state index in [9.17, 15) is 0 Å². The van der Waals surface area contributed by atoms with Crippen LogP contribution in [0, 0.1) is 11.8 Å². The summed E-state index contributed by atoms with van der Waals surface area (Å²) in [6.45, 7) is 8.67. The molecule has 3 atom stereocenters. The minimum atomic E-state index is 0.194. The molecule has 0 aliphatic heterocycles. The van der Waals surface area contributed by atoms with Crippen molar-refractivity contribution in [2.75, 3.05) is 7.11 Å². The van der Waals surface area contributed by atoms with Gasteiger partial charge < -0.3 is 4.74 Å². The first kappa shape index (κ1) is 12.9. The zero-order valence-electron chi connectivity index (χ0n) is 9.50. The summed E-state index contributed by atoms with van der Waals surface area (Å²) in [5.74, 6) is 6.56. The van der Waals surface area contributed by atoms with Crippen molar-refractivity contribution in [2.45, 2.75) is 46.3 Å². The minimum absolute atomic E-state index is 0.194. The summed E-state index contributed by atoms with van der Waals surface area (Å²) in [6, 6.07) is 0.245. The lowest BCUT2D eigenvalue weighted by atomic mass is 9.89. The first-order chi connectivity index (χ1) is 6.08. The second kappa shape index (κ2) is 6.35. The molecule has 3 N–H and O–H groups in total. The normalized spacial score (nSPS) is 18.7. The van der Waals surface area contributed by atoms with Crippen LogP contribution < -0.4 is 11.3 Å². The van der Waals surface area contributed by atoms with Gasteiger partial charge in [-0.2, -0.15) is 0 Å². The van der Waals surface area contributed by atoms with Gasteiger partial charge in [0.15, 0.2) is 0 Å². The number of methoxy groups -OCH3 is 1. The maximum Gasteiger partial charge on any atom is 0.0763 e. The monoisotopic (exact) mass is 188 g/mol. The third kappa shape index (κ3) is 3.63. The van der Waals surface area contributed by atoms with E-state index in [0.717, 1.165) is 6.42 Å². The smallest absolute Gasteiger partial charge is 0.0763 e. The number of hydrogen-bond acceptors (Lipinski definition) is 3. The fraction of sp³-hybridized carbons (Fsp3) is 1.00. The summed E-state index contributed by atoms with van der Waals surface area (Å²) in [4.78, 5) is 0. The van der Waals surface area contributed by atoms with Crippen molar-refractivity contribution >= 4 is 0 Å². The highest BCUT2D eigenvalue weighted by molar-refractivity contribution is 4.81. The molecule has 3 unspecified atom stereocenters. The van der Waals surface area contributed by atoms with Crippen LogP contribution >= 0.6 is 0 Å². The lowest BCUT2D eigenvalue weighted by Crippen LogP contribution is -2.50. The predicted molar refractivity (Wildman–Crippen MR) is 56.2 cm³/mol. The summed E-state index contributed by atoms with van der Waals surface area (Å²) in [7, 11) is 1.75. The fourth-order valence-electron chi connectivity index (χ4n) is 1.67. The van der Waals surface area contributed by atoms with Crippen molar-refractivity contribution in [1.29, 1.82) is 0 Å². The molecule has 3 nitrogen and oxygen atoms in total. The van der Waals surface area contributed by atoms with Gasteiger partial charge in [0.1, 0.15) is 0 Å². The van der Waals surface area contributed by atoms with E-state index in [0.29, 0.717) is 11.8 Å². The van der Waals surface area contributed by atoms with E-state index in [1.807, 2.05) is 0 Å². The highest BCUT2D eigenvalue weighted by Crippen LogP contribution is 2.18. The van der Waals surface area contributed by atoms with Gasteiger partial charge in [0, 0.05) is 7.11 Å². The van der Waals surface area contributed by atoms with Gasteiger partial charge in [0.05, 0.1) is 12.1 Å². The fourth-order valence-corrected chi connectivity index (χ4v) is 1.67. The van der Waals surface area contributed by atoms with Gasteiger partial charge in [-0.3, -0.25) is 11.3 Å². The molecule has 0 radical (unpaired) electrons. The number of hydrogen-bond donors (Lipinski definition) is 2. The van der Waals surface area contributed by atoms with Crippen LogP contribution in [-0.2, 0) is 4.74 Å². The molecule has 0 spiro atoms. The Morgan fingerprint density at radius 1 is 1.31 bits per heavy atom. The summed E-state index contributed by atoms with van der Waals surface area (Å²) < 4.78 is 5.45. The third-order valence-corrected chi connectivity index (χ3v) is 2.73. The van der Waals surface area contributed by atoms with Gasteiger partial charge in [0.2, 0.25) is 0 Å². The van der Waals surface area contributed by atoms with Crippen molar-refractivity contribution in [1.82, 2.24) is 5.43 Å². The van der Waals surface area contributed by atoms with E-state index in [2.05, 4.69) is 33.1 Å². The average Bonchev–Trinajstić information content (AvgIpc) is 2.12. The summed E-state index contributed by atoms with van der Waals surface area (Å²) in [5, 5.41) is 0. The molecular formula is C10H24N2O. The van der Waals surface area contributed by atoms with Crippen LogP contribution in [0.25, 0.3) is 0 Å². The molecule has 3 heteroatoms. The van der Waals surface area contributed by atoms with Crippen LogP contribution in [0.3, 0.4) is 0 Å². The molecule has 0 aliphatic carbocycles. The van der Waals surface area contributed by atoms with Crippen LogP contribution in [0.4, 0.5) is 0 Å². The molecular weight excluding hydrogens is 164 g/mol. The SMILES string of the molecule is CCC(C)C(NN)C(OC)C(C)C. The zero-order valence-corrected chi connectivity index (χ0v) is 9.50. The van der Waals surface area contributed by atoms with Gasteiger partial charge in [-0.1, -0.05) is 34.1 Å². The first-order valence-corrected chi connectivity index (χ1v) is 5.07. The summed E-state index contributed by atoms with van der Waals surface area (Å²) >= 11 is 0. The van der Waals surface area contributed by atoms with Gasteiger partial charge in [-0.15, -0.1) is 0 Å². The standard InChI is InChI=1S/C10H24N2O/c1-6-8(4)9(12-11)10(13-5)7(2)3/h7-10,12H,6,11H2,1-5H3. The molecule has 0 saturated carbocycles. The molecule has 0 aromatic rings. The first-order valence-electron chi connectivity index (χ1n) is 5.07. The van der Waals surface area contributed by atoms with Gasteiger partial charge in [0.25, 0.3) is 0 Å². The van der Waals surface area contributed by atoms with Crippen LogP contribution in [0.15, 0.2) is 0 Å². The Morgan fingerprint density at radius 3 is 2.08 bits per heavy atom. The van der Waals surface area contributed by atoms with Crippen molar-refractivity contribution in [2.24, 2.45) is 17.7 Å². The van der Waals surface area contributed by atoms with E-state index in [-0.39, 0.29) is 12.1 Å². The number of nitrogens with two attached hydrogens (primary N) is 1. The Hall–Kier alpha value is -0.120. The molecule has 80 valence electrons. The molecule has 0 aromatic heterocycles. The molecule has 0 aromatic carbocycles. The Labute approximate surface area is 82.0 Å². The largest absolute Gasteiger partial charge is 0.380 e. The molecule has 13 heavy (non-hydrogen) atoms. The lowest BCUT2D eigenvalue weighted by Gasteiger charge is -2.32. The van der Waals surface area contributed by atoms with Crippen molar-refractivity contribution in [3.63, 3.8) is 0 Å². The van der Waals surface area contributed by atoms with E-state index in [1.54, 1.807) is 7.11 Å². The predicted octanol–water partition coefficient (Wildman–Crippen LogP) is 1.54. The molecule has 0 fully saturated rings. The number of ether oxygens (including phenoxy) is 1. The maximum absolute atomic E-state index is 5.53. The summed E-state index contributed by atoms with van der Waals surface area (Å²) in [5.41, 5.74) is 2.86.